The minimum atomic E-state index is -1.11. The molecule has 0 fully saturated rings. The van der Waals surface area contributed by atoms with E-state index in [-0.39, 0.29) is 6.61 Å². The summed E-state index contributed by atoms with van der Waals surface area (Å²) >= 11 is 0. The van der Waals surface area contributed by atoms with Gasteiger partial charge in [-0.15, -0.1) is 0 Å². The molecule has 0 aliphatic heterocycles. The Hall–Kier alpha value is -1.43. The first-order valence-electron chi connectivity index (χ1n) is 22.8. The average molecular weight is 732 g/mol. The van der Waals surface area contributed by atoms with E-state index in [2.05, 4.69) is 43.5 Å². The molecule has 0 aromatic carbocycles. The van der Waals surface area contributed by atoms with Gasteiger partial charge in [0.15, 0.2) is 0 Å². The molecule has 306 valence electrons. The normalized spacial score (nSPS) is 13.9. The van der Waals surface area contributed by atoms with Crippen LogP contribution in [0.4, 0.5) is 0 Å². The van der Waals surface area contributed by atoms with Crippen LogP contribution >= 0.6 is 0 Å². The number of nitrogens with one attached hydrogen (secondary N) is 1. The van der Waals surface area contributed by atoms with E-state index < -0.39 is 24.2 Å². The first-order chi connectivity index (χ1) is 25.6. The molecule has 0 saturated heterocycles. The number of aliphatic hydroxyl groups is 3. The zero-order chi connectivity index (χ0) is 38.0. The lowest BCUT2D eigenvalue weighted by Gasteiger charge is -2.21. The maximum Gasteiger partial charge on any atom is 0.249 e. The van der Waals surface area contributed by atoms with Crippen molar-refractivity contribution in [3.63, 3.8) is 0 Å². The summed E-state index contributed by atoms with van der Waals surface area (Å²) in [5.74, 6) is -0.511. The molecular weight excluding hydrogens is 643 g/mol. The number of carbonyl (C=O) groups is 1. The Morgan fingerprint density at radius 2 is 0.827 bits per heavy atom. The first-order valence-corrected chi connectivity index (χ1v) is 22.8. The van der Waals surface area contributed by atoms with Gasteiger partial charge in [0.2, 0.25) is 5.91 Å². The molecule has 5 heteroatoms. The van der Waals surface area contributed by atoms with Gasteiger partial charge in [-0.05, 0) is 51.4 Å². The minimum Gasteiger partial charge on any atom is -0.394 e. The van der Waals surface area contributed by atoms with Crippen molar-refractivity contribution in [2.45, 2.75) is 250 Å². The van der Waals surface area contributed by atoms with Gasteiger partial charge in [0.05, 0.1) is 18.8 Å². The van der Waals surface area contributed by atoms with E-state index in [1.54, 1.807) is 6.08 Å². The highest BCUT2D eigenvalue weighted by Gasteiger charge is 2.22. The number of rotatable bonds is 41. The number of allylic oxidation sites excluding steroid dienone is 5. The third-order valence-electron chi connectivity index (χ3n) is 10.5. The van der Waals surface area contributed by atoms with Crippen LogP contribution in [0.3, 0.4) is 0 Å². The van der Waals surface area contributed by atoms with E-state index in [9.17, 15) is 20.1 Å². The number of hydrogen-bond acceptors (Lipinski definition) is 4. The second-order valence-electron chi connectivity index (χ2n) is 15.6. The summed E-state index contributed by atoms with van der Waals surface area (Å²) in [4.78, 5) is 12.5. The van der Waals surface area contributed by atoms with Crippen molar-refractivity contribution in [3.05, 3.63) is 36.5 Å². The first kappa shape index (κ1) is 50.6. The highest BCUT2D eigenvalue weighted by molar-refractivity contribution is 5.80. The van der Waals surface area contributed by atoms with Crippen LogP contribution in [0.5, 0.6) is 0 Å². The predicted octanol–water partition coefficient (Wildman–Crippen LogP) is 13.2. The molecule has 4 N–H and O–H groups in total. The van der Waals surface area contributed by atoms with Gasteiger partial charge >= 0.3 is 0 Å². The smallest absolute Gasteiger partial charge is 0.249 e. The minimum absolute atomic E-state index is 0.367. The van der Waals surface area contributed by atoms with Crippen molar-refractivity contribution in [3.8, 4) is 0 Å². The van der Waals surface area contributed by atoms with Gasteiger partial charge in [-0.3, -0.25) is 4.79 Å². The molecule has 52 heavy (non-hydrogen) atoms. The molecule has 0 bridgehead atoms. The molecule has 0 aliphatic carbocycles. The largest absolute Gasteiger partial charge is 0.394 e. The number of aliphatic hydroxyl groups excluding tert-OH is 3. The lowest BCUT2D eigenvalue weighted by Crippen LogP contribution is -2.48. The van der Waals surface area contributed by atoms with E-state index in [4.69, 9.17) is 0 Å². The summed E-state index contributed by atoms with van der Waals surface area (Å²) in [6.45, 7) is 4.16. The van der Waals surface area contributed by atoms with Crippen LogP contribution < -0.4 is 5.32 Å². The summed E-state index contributed by atoms with van der Waals surface area (Å²) in [5.41, 5.74) is 0. The van der Waals surface area contributed by atoms with Crippen molar-refractivity contribution < 1.29 is 20.1 Å². The van der Waals surface area contributed by atoms with Crippen LogP contribution in [0.1, 0.15) is 232 Å². The van der Waals surface area contributed by atoms with E-state index >= 15 is 0 Å². The second kappa shape index (κ2) is 42.3. The maximum atomic E-state index is 12.5. The zero-order valence-corrected chi connectivity index (χ0v) is 34.7. The van der Waals surface area contributed by atoms with Gasteiger partial charge in [-0.2, -0.15) is 0 Å². The maximum absolute atomic E-state index is 12.5. The SMILES string of the molecule is CCCCC/C=C\C/C=C\CCCCCCCCC(O)C(=O)NC(CO)C(O)/C=C/CCCCCCCCCCCCCCCCCCCCCC. The molecule has 0 rings (SSSR count). The fourth-order valence-corrected chi connectivity index (χ4v) is 6.86. The summed E-state index contributed by atoms with van der Waals surface area (Å²) in [5, 5.41) is 33.2. The molecule has 0 aromatic heterocycles. The van der Waals surface area contributed by atoms with Gasteiger partial charge in [0.1, 0.15) is 6.10 Å². The van der Waals surface area contributed by atoms with E-state index in [1.807, 2.05) is 6.08 Å². The highest BCUT2D eigenvalue weighted by Crippen LogP contribution is 2.16. The van der Waals surface area contributed by atoms with Crippen LogP contribution in [-0.2, 0) is 4.79 Å². The van der Waals surface area contributed by atoms with E-state index in [0.717, 1.165) is 44.9 Å². The monoisotopic (exact) mass is 732 g/mol. The fourth-order valence-electron chi connectivity index (χ4n) is 6.86. The molecule has 0 aliphatic rings. The van der Waals surface area contributed by atoms with Crippen LogP contribution in [0.15, 0.2) is 36.5 Å². The lowest BCUT2D eigenvalue weighted by molar-refractivity contribution is -0.131. The van der Waals surface area contributed by atoms with Gasteiger partial charge < -0.3 is 20.6 Å². The van der Waals surface area contributed by atoms with E-state index in [0.29, 0.717) is 6.42 Å². The number of unbranched alkanes of at least 4 members (excludes halogenated alkanes) is 29. The van der Waals surface area contributed by atoms with Crippen molar-refractivity contribution >= 4 is 5.91 Å². The van der Waals surface area contributed by atoms with Gasteiger partial charge in [0.25, 0.3) is 0 Å². The van der Waals surface area contributed by atoms with Crippen molar-refractivity contribution in [2.24, 2.45) is 0 Å². The quantitative estimate of drug-likeness (QED) is 0.0372. The molecule has 3 unspecified atom stereocenters. The third-order valence-corrected chi connectivity index (χ3v) is 10.5. The molecule has 0 aromatic rings. The van der Waals surface area contributed by atoms with Crippen molar-refractivity contribution in [2.75, 3.05) is 6.61 Å². The molecular formula is C47H89NO4. The van der Waals surface area contributed by atoms with E-state index in [1.165, 1.54) is 167 Å². The molecule has 5 nitrogen and oxygen atoms in total. The molecule has 0 radical (unpaired) electrons. The Kier molecular flexibility index (Phi) is 41.1. The Morgan fingerprint density at radius 1 is 0.481 bits per heavy atom. The standard InChI is InChI=1S/C47H89NO4/c1-3-5-7-9-11-13-15-17-19-21-22-23-24-25-26-28-29-31-33-35-37-39-41-45(50)44(43-49)48-47(52)46(51)42-40-38-36-34-32-30-27-20-18-16-14-12-10-8-6-4-2/h12,14,18,20,39,41,44-46,49-51H,3-11,13,15-17,19,21-38,40,42-43H2,1-2H3,(H,48,52)/b14-12-,20-18-,41-39+. The zero-order valence-electron chi connectivity index (χ0n) is 34.7. The second-order valence-corrected chi connectivity index (χ2v) is 15.6. The Labute approximate surface area is 324 Å². The van der Waals surface area contributed by atoms with Gasteiger partial charge in [0, 0.05) is 0 Å². The molecule has 0 saturated carbocycles. The molecule has 0 heterocycles. The van der Waals surface area contributed by atoms with Gasteiger partial charge in [-0.25, -0.2) is 0 Å². The molecule has 1 amide bonds. The fraction of sp³-hybridized carbons (Fsp3) is 0.851. The summed E-state index contributed by atoms with van der Waals surface area (Å²) in [6, 6.07) is -0.802. The summed E-state index contributed by atoms with van der Waals surface area (Å²) < 4.78 is 0. The van der Waals surface area contributed by atoms with Crippen LogP contribution in [0.2, 0.25) is 0 Å². The van der Waals surface area contributed by atoms with Crippen LogP contribution in [0, 0.1) is 0 Å². The Bertz CT molecular complexity index is 809. The number of hydrogen-bond donors (Lipinski definition) is 4. The molecule has 3 atom stereocenters. The average Bonchev–Trinajstić information content (AvgIpc) is 3.15. The molecule has 0 spiro atoms. The topological polar surface area (TPSA) is 89.8 Å². The number of carbonyl (C=O) groups excluding carboxylic acids is 1. The summed E-state index contributed by atoms with van der Waals surface area (Å²) in [6.07, 6.45) is 53.2. The van der Waals surface area contributed by atoms with Crippen molar-refractivity contribution in [1.82, 2.24) is 5.32 Å². The van der Waals surface area contributed by atoms with Crippen molar-refractivity contribution in [1.29, 1.82) is 0 Å². The summed E-state index contributed by atoms with van der Waals surface area (Å²) in [7, 11) is 0. The predicted molar refractivity (Wildman–Crippen MR) is 227 cm³/mol. The third kappa shape index (κ3) is 36.9. The highest BCUT2D eigenvalue weighted by atomic mass is 16.3. The lowest BCUT2D eigenvalue weighted by atomic mass is 10.0. The Balaban J connectivity index is 3.66. The van der Waals surface area contributed by atoms with Crippen LogP contribution in [0.25, 0.3) is 0 Å². The van der Waals surface area contributed by atoms with Crippen LogP contribution in [-0.4, -0.2) is 46.1 Å². The van der Waals surface area contributed by atoms with Gasteiger partial charge in [-0.1, -0.05) is 217 Å². The Morgan fingerprint density at radius 3 is 1.25 bits per heavy atom. The number of amides is 1.